The van der Waals surface area contributed by atoms with Gasteiger partial charge in [-0.2, -0.15) is 0 Å². The molecule has 0 radical (unpaired) electrons. The molecule has 2 heterocycles. The third-order valence-electron chi connectivity index (χ3n) is 1.69. The van der Waals surface area contributed by atoms with Crippen molar-refractivity contribution in [2.45, 2.75) is 0 Å². The molecule has 0 fully saturated rings. The number of hydrogen-bond donors (Lipinski definition) is 2. The fraction of sp³-hybridized carbons (Fsp3) is 0. The highest BCUT2D eigenvalue weighted by atomic mass is 35.5. The summed E-state index contributed by atoms with van der Waals surface area (Å²) in [5.41, 5.74) is 6.26. The number of aromatic amines is 1. The number of carbonyl (C=O) groups is 1. The maximum absolute atomic E-state index is 10.7. The van der Waals surface area contributed by atoms with Crippen molar-refractivity contribution >= 4 is 29.2 Å². The molecule has 0 aliphatic heterocycles. The number of halogens is 1. The number of H-pyrrole nitrogens is 1. The van der Waals surface area contributed by atoms with E-state index in [1.165, 1.54) is 0 Å². The highest BCUT2D eigenvalue weighted by Crippen LogP contribution is 2.10. The number of hydrogen-bond acceptors (Lipinski definition) is 2. The van der Waals surface area contributed by atoms with E-state index in [4.69, 9.17) is 5.73 Å². The Hall–Kier alpha value is -1.55. The van der Waals surface area contributed by atoms with Gasteiger partial charge in [-0.05, 0) is 12.1 Å². The number of nitrogens with zero attached hydrogens (tertiary/aromatic N) is 1. The van der Waals surface area contributed by atoms with Crippen molar-refractivity contribution in [3.63, 3.8) is 0 Å². The summed E-state index contributed by atoms with van der Waals surface area (Å²) in [4.78, 5) is 17.6. The first-order chi connectivity index (χ1) is 5.77. The molecular weight excluding hydrogens is 190 g/mol. The minimum Gasteiger partial charge on any atom is -0.364 e. The van der Waals surface area contributed by atoms with E-state index in [-0.39, 0.29) is 12.4 Å². The van der Waals surface area contributed by atoms with Crippen LogP contribution in [0.1, 0.15) is 10.5 Å². The standard InChI is InChI=1S/C8H7N3O.ClH/c9-8(12)6-3-5-1-2-10-7(5)4-11-6;/h1-4,10H,(H2,9,12);1H. The lowest BCUT2D eigenvalue weighted by Crippen LogP contribution is -2.12. The second-order valence-corrected chi connectivity index (χ2v) is 2.50. The predicted molar refractivity (Wildman–Crippen MR) is 51.9 cm³/mol. The number of pyridine rings is 1. The first-order valence-corrected chi connectivity index (χ1v) is 3.50. The highest BCUT2D eigenvalue weighted by molar-refractivity contribution is 5.94. The van der Waals surface area contributed by atoms with E-state index in [1.807, 2.05) is 6.07 Å². The van der Waals surface area contributed by atoms with Crippen LogP contribution in [-0.4, -0.2) is 15.9 Å². The number of aromatic nitrogens is 2. The fourth-order valence-corrected chi connectivity index (χ4v) is 1.09. The molecule has 4 nitrogen and oxygen atoms in total. The summed E-state index contributed by atoms with van der Waals surface area (Å²) in [6.07, 6.45) is 3.38. The lowest BCUT2D eigenvalue weighted by atomic mass is 10.2. The summed E-state index contributed by atoms with van der Waals surface area (Å²) in [6.45, 7) is 0. The van der Waals surface area contributed by atoms with Gasteiger partial charge >= 0.3 is 0 Å². The van der Waals surface area contributed by atoms with Crippen LogP contribution < -0.4 is 5.73 Å². The van der Waals surface area contributed by atoms with Crippen molar-refractivity contribution < 1.29 is 4.79 Å². The first kappa shape index (κ1) is 9.54. The van der Waals surface area contributed by atoms with Gasteiger partial charge in [-0.25, -0.2) is 4.98 Å². The average molecular weight is 198 g/mol. The summed E-state index contributed by atoms with van der Waals surface area (Å²) < 4.78 is 0. The van der Waals surface area contributed by atoms with Crippen molar-refractivity contribution in [1.82, 2.24) is 9.97 Å². The van der Waals surface area contributed by atoms with Crippen molar-refractivity contribution in [3.8, 4) is 0 Å². The summed E-state index contributed by atoms with van der Waals surface area (Å²) >= 11 is 0. The van der Waals surface area contributed by atoms with Crippen LogP contribution in [0.25, 0.3) is 10.9 Å². The lowest BCUT2D eigenvalue weighted by Gasteiger charge is -1.93. The van der Waals surface area contributed by atoms with Crippen molar-refractivity contribution in [1.29, 1.82) is 0 Å². The molecular formula is C8H8ClN3O. The number of amides is 1. The van der Waals surface area contributed by atoms with E-state index in [2.05, 4.69) is 9.97 Å². The van der Waals surface area contributed by atoms with Crippen LogP contribution in [0.2, 0.25) is 0 Å². The quantitative estimate of drug-likeness (QED) is 0.718. The molecule has 0 aromatic carbocycles. The SMILES string of the molecule is Cl.NC(=O)c1cc2cc[nH]c2cn1. The normalized spacial score (nSPS) is 9.54. The van der Waals surface area contributed by atoms with Gasteiger partial charge in [0.15, 0.2) is 0 Å². The molecule has 3 N–H and O–H groups in total. The van der Waals surface area contributed by atoms with E-state index < -0.39 is 5.91 Å². The first-order valence-electron chi connectivity index (χ1n) is 3.50. The van der Waals surface area contributed by atoms with E-state index in [1.54, 1.807) is 18.5 Å². The Morgan fingerprint density at radius 3 is 3.00 bits per heavy atom. The summed E-state index contributed by atoms with van der Waals surface area (Å²) in [5, 5.41) is 0.943. The smallest absolute Gasteiger partial charge is 0.267 e. The maximum Gasteiger partial charge on any atom is 0.267 e. The zero-order valence-electron chi connectivity index (χ0n) is 6.65. The highest BCUT2D eigenvalue weighted by Gasteiger charge is 2.02. The lowest BCUT2D eigenvalue weighted by molar-refractivity contribution is 0.0996. The molecule has 68 valence electrons. The van der Waals surface area contributed by atoms with Gasteiger partial charge in [0.2, 0.25) is 0 Å². The monoisotopic (exact) mass is 197 g/mol. The minimum absolute atomic E-state index is 0. The zero-order valence-corrected chi connectivity index (χ0v) is 7.47. The Morgan fingerprint density at radius 2 is 2.31 bits per heavy atom. The van der Waals surface area contributed by atoms with Crippen molar-refractivity contribution in [3.05, 3.63) is 30.2 Å². The Labute approximate surface area is 80.6 Å². The molecule has 2 aromatic rings. The van der Waals surface area contributed by atoms with E-state index >= 15 is 0 Å². The molecule has 0 aliphatic carbocycles. The Kier molecular flexibility index (Phi) is 2.53. The van der Waals surface area contributed by atoms with E-state index in [9.17, 15) is 4.79 Å². The number of nitrogens with one attached hydrogen (secondary N) is 1. The molecule has 2 aromatic heterocycles. The molecule has 0 atom stereocenters. The summed E-state index contributed by atoms with van der Waals surface area (Å²) in [7, 11) is 0. The van der Waals surface area contributed by atoms with Crippen molar-refractivity contribution in [2.24, 2.45) is 5.73 Å². The number of rotatable bonds is 1. The van der Waals surface area contributed by atoms with Gasteiger partial charge in [-0.1, -0.05) is 0 Å². The Morgan fingerprint density at radius 1 is 1.54 bits per heavy atom. The Bertz CT molecular complexity index is 438. The number of carbonyl (C=O) groups excluding carboxylic acids is 1. The van der Waals surface area contributed by atoms with Crippen LogP contribution in [0.15, 0.2) is 24.5 Å². The van der Waals surface area contributed by atoms with Crippen molar-refractivity contribution in [2.75, 3.05) is 0 Å². The second kappa shape index (κ2) is 3.45. The number of fused-ring (bicyclic) bond motifs is 1. The van der Waals surface area contributed by atoms with E-state index in [0.717, 1.165) is 10.9 Å². The van der Waals surface area contributed by atoms with Gasteiger partial charge < -0.3 is 10.7 Å². The second-order valence-electron chi connectivity index (χ2n) is 2.50. The van der Waals surface area contributed by atoms with Gasteiger partial charge in [0.1, 0.15) is 5.69 Å². The predicted octanol–water partition coefficient (Wildman–Crippen LogP) is 1.08. The van der Waals surface area contributed by atoms with Gasteiger partial charge in [0.05, 0.1) is 11.7 Å². The molecule has 0 aliphatic rings. The van der Waals surface area contributed by atoms with E-state index in [0.29, 0.717) is 5.69 Å². The topological polar surface area (TPSA) is 71.8 Å². The van der Waals surface area contributed by atoms with Gasteiger partial charge in [0.25, 0.3) is 5.91 Å². The molecule has 0 saturated carbocycles. The van der Waals surface area contributed by atoms with Crippen LogP contribution in [0, 0.1) is 0 Å². The van der Waals surface area contributed by atoms with Crippen LogP contribution >= 0.6 is 12.4 Å². The molecule has 0 bridgehead atoms. The number of primary amides is 1. The minimum atomic E-state index is -0.502. The van der Waals surface area contributed by atoms with Crippen LogP contribution in [0.4, 0.5) is 0 Å². The Balaban J connectivity index is 0.000000845. The van der Waals surface area contributed by atoms with Crippen LogP contribution in [0.5, 0.6) is 0 Å². The van der Waals surface area contributed by atoms with Crippen LogP contribution in [-0.2, 0) is 0 Å². The number of nitrogens with two attached hydrogens (primary N) is 1. The maximum atomic E-state index is 10.7. The fourth-order valence-electron chi connectivity index (χ4n) is 1.09. The molecule has 1 amide bonds. The largest absolute Gasteiger partial charge is 0.364 e. The summed E-state index contributed by atoms with van der Waals surface area (Å²) in [5.74, 6) is -0.502. The van der Waals surface area contributed by atoms with Crippen LogP contribution in [0.3, 0.4) is 0 Å². The molecule has 0 unspecified atom stereocenters. The zero-order chi connectivity index (χ0) is 8.55. The summed E-state index contributed by atoms with van der Waals surface area (Å²) in [6, 6.07) is 3.53. The molecule has 5 heteroatoms. The molecule has 0 spiro atoms. The molecule has 2 rings (SSSR count). The third-order valence-corrected chi connectivity index (χ3v) is 1.69. The average Bonchev–Trinajstić information content (AvgIpc) is 2.49. The van der Waals surface area contributed by atoms with Gasteiger partial charge in [-0.15, -0.1) is 12.4 Å². The molecule has 13 heavy (non-hydrogen) atoms. The molecule has 0 saturated heterocycles. The van der Waals surface area contributed by atoms with Gasteiger partial charge in [0, 0.05) is 11.6 Å². The van der Waals surface area contributed by atoms with Gasteiger partial charge in [-0.3, -0.25) is 4.79 Å². The third kappa shape index (κ3) is 1.62.